The lowest BCUT2D eigenvalue weighted by atomic mass is 10.0. The van der Waals surface area contributed by atoms with Crippen LogP contribution in [0.5, 0.6) is 0 Å². The number of alkyl halides is 3. The molecule has 2 rings (SSSR count). The summed E-state index contributed by atoms with van der Waals surface area (Å²) in [7, 11) is -3.97. The number of nitrogens with one attached hydrogen (secondary N) is 2. The van der Waals surface area contributed by atoms with Gasteiger partial charge in [-0.1, -0.05) is 6.07 Å². The third kappa shape index (κ3) is 3.96. The van der Waals surface area contributed by atoms with Gasteiger partial charge in [-0.2, -0.15) is 13.2 Å². The lowest BCUT2D eigenvalue weighted by Gasteiger charge is -2.30. The van der Waals surface area contributed by atoms with Crippen molar-refractivity contribution >= 4 is 10.0 Å². The summed E-state index contributed by atoms with van der Waals surface area (Å²) < 4.78 is 64.9. The minimum Gasteiger partial charge on any atom is -0.313 e. The third-order valence-corrected chi connectivity index (χ3v) is 5.03. The van der Waals surface area contributed by atoms with Crippen LogP contribution in [0, 0.1) is 0 Å². The molecule has 118 valence electrons. The largest absolute Gasteiger partial charge is 0.416 e. The predicted molar refractivity (Wildman–Crippen MR) is 72.3 cm³/mol. The van der Waals surface area contributed by atoms with Gasteiger partial charge in [-0.05, 0) is 44.5 Å². The SMILES string of the molecule is CC1NCCCC1NS(=O)(=O)c1cccc(C(F)(F)F)c1. The summed E-state index contributed by atoms with van der Waals surface area (Å²) in [6.45, 7) is 2.65. The highest BCUT2D eigenvalue weighted by Gasteiger charge is 2.32. The van der Waals surface area contributed by atoms with Gasteiger partial charge in [-0.15, -0.1) is 0 Å². The molecule has 0 aliphatic carbocycles. The Kier molecular flexibility index (Phi) is 4.60. The quantitative estimate of drug-likeness (QED) is 0.896. The molecule has 1 aromatic carbocycles. The van der Waals surface area contributed by atoms with Gasteiger partial charge in [0.2, 0.25) is 10.0 Å². The second-order valence-corrected chi connectivity index (χ2v) is 6.85. The fraction of sp³-hybridized carbons (Fsp3) is 0.538. The maximum Gasteiger partial charge on any atom is 0.416 e. The molecule has 21 heavy (non-hydrogen) atoms. The van der Waals surface area contributed by atoms with Gasteiger partial charge in [-0.3, -0.25) is 0 Å². The lowest BCUT2D eigenvalue weighted by Crippen LogP contribution is -2.51. The zero-order valence-corrected chi connectivity index (χ0v) is 12.3. The number of sulfonamides is 1. The van der Waals surface area contributed by atoms with Gasteiger partial charge < -0.3 is 5.32 Å². The van der Waals surface area contributed by atoms with Crippen LogP contribution in [0.2, 0.25) is 0 Å². The summed E-state index contributed by atoms with van der Waals surface area (Å²) in [4.78, 5) is -0.366. The topological polar surface area (TPSA) is 58.2 Å². The first kappa shape index (κ1) is 16.3. The molecule has 4 nitrogen and oxygen atoms in total. The van der Waals surface area contributed by atoms with Crippen LogP contribution in [0.3, 0.4) is 0 Å². The van der Waals surface area contributed by atoms with E-state index in [9.17, 15) is 21.6 Å². The van der Waals surface area contributed by atoms with Crippen molar-refractivity contribution in [3.8, 4) is 0 Å². The highest BCUT2D eigenvalue weighted by molar-refractivity contribution is 7.89. The van der Waals surface area contributed by atoms with E-state index in [1.54, 1.807) is 0 Å². The standard InChI is InChI=1S/C13H17F3N2O2S/c1-9-12(6-3-7-17-9)18-21(19,20)11-5-2-4-10(8-11)13(14,15)16/h2,4-5,8-9,12,17-18H,3,6-7H2,1H3. The van der Waals surface area contributed by atoms with Gasteiger partial charge in [0.15, 0.2) is 0 Å². The van der Waals surface area contributed by atoms with Crippen LogP contribution in [0.25, 0.3) is 0 Å². The molecule has 2 unspecified atom stereocenters. The van der Waals surface area contributed by atoms with E-state index in [4.69, 9.17) is 0 Å². The Hall–Kier alpha value is -1.12. The van der Waals surface area contributed by atoms with Crippen molar-refractivity contribution in [2.75, 3.05) is 6.54 Å². The second kappa shape index (κ2) is 5.94. The van der Waals surface area contributed by atoms with Crippen LogP contribution < -0.4 is 10.0 Å². The number of piperidine rings is 1. The fourth-order valence-corrected chi connectivity index (χ4v) is 3.71. The molecule has 2 atom stereocenters. The van der Waals surface area contributed by atoms with E-state index in [0.29, 0.717) is 12.5 Å². The van der Waals surface area contributed by atoms with E-state index in [-0.39, 0.29) is 17.0 Å². The summed E-state index contributed by atoms with van der Waals surface area (Å²) in [6.07, 6.45) is -3.09. The van der Waals surface area contributed by atoms with E-state index in [2.05, 4.69) is 10.0 Å². The Labute approximate surface area is 121 Å². The Bertz CT molecular complexity index is 602. The molecule has 0 spiro atoms. The lowest BCUT2D eigenvalue weighted by molar-refractivity contribution is -0.137. The normalized spacial score (nSPS) is 24.0. The van der Waals surface area contributed by atoms with Crippen LogP contribution in [0.15, 0.2) is 29.2 Å². The average Bonchev–Trinajstić information content (AvgIpc) is 2.40. The summed E-state index contributed by atoms with van der Waals surface area (Å²) in [5.41, 5.74) is -0.972. The molecule has 0 saturated carbocycles. The van der Waals surface area contributed by atoms with Crippen molar-refractivity contribution in [1.82, 2.24) is 10.0 Å². The summed E-state index contributed by atoms with van der Waals surface area (Å²) in [6, 6.07) is 3.39. The molecule has 1 fully saturated rings. The van der Waals surface area contributed by atoms with Crippen LogP contribution in [0.1, 0.15) is 25.3 Å². The molecule has 1 saturated heterocycles. The number of hydrogen-bond donors (Lipinski definition) is 2. The van der Waals surface area contributed by atoms with Gasteiger partial charge in [0.05, 0.1) is 10.5 Å². The highest BCUT2D eigenvalue weighted by atomic mass is 32.2. The Morgan fingerprint density at radius 1 is 1.33 bits per heavy atom. The summed E-state index contributed by atoms with van der Waals surface area (Å²) in [5.74, 6) is 0. The van der Waals surface area contributed by atoms with E-state index in [1.165, 1.54) is 6.07 Å². The zero-order valence-electron chi connectivity index (χ0n) is 11.4. The first-order valence-electron chi connectivity index (χ1n) is 6.63. The molecular formula is C13H17F3N2O2S. The van der Waals surface area contributed by atoms with Crippen molar-refractivity contribution in [1.29, 1.82) is 0 Å². The van der Waals surface area contributed by atoms with Crippen molar-refractivity contribution in [3.05, 3.63) is 29.8 Å². The van der Waals surface area contributed by atoms with Crippen LogP contribution in [0.4, 0.5) is 13.2 Å². The molecular weight excluding hydrogens is 305 g/mol. The van der Waals surface area contributed by atoms with Gasteiger partial charge in [-0.25, -0.2) is 13.1 Å². The van der Waals surface area contributed by atoms with Gasteiger partial charge >= 0.3 is 6.18 Å². The van der Waals surface area contributed by atoms with Crippen molar-refractivity contribution in [3.63, 3.8) is 0 Å². The van der Waals surface area contributed by atoms with E-state index >= 15 is 0 Å². The van der Waals surface area contributed by atoms with E-state index < -0.39 is 21.8 Å². The molecule has 1 aliphatic heterocycles. The second-order valence-electron chi connectivity index (χ2n) is 5.14. The minimum atomic E-state index is -4.56. The number of benzene rings is 1. The van der Waals surface area contributed by atoms with E-state index in [1.807, 2.05) is 6.92 Å². The van der Waals surface area contributed by atoms with E-state index in [0.717, 1.165) is 25.1 Å². The third-order valence-electron chi connectivity index (χ3n) is 3.54. The minimum absolute atomic E-state index is 0.0562. The monoisotopic (exact) mass is 322 g/mol. The molecule has 1 aromatic rings. The zero-order chi connectivity index (χ0) is 15.7. The van der Waals surface area contributed by atoms with Gasteiger partial charge in [0.25, 0.3) is 0 Å². The molecule has 8 heteroatoms. The fourth-order valence-electron chi connectivity index (χ4n) is 2.31. The number of halogens is 3. The predicted octanol–water partition coefficient (Wildman–Crippen LogP) is 2.12. The molecule has 0 radical (unpaired) electrons. The Morgan fingerprint density at radius 3 is 2.67 bits per heavy atom. The number of hydrogen-bond acceptors (Lipinski definition) is 3. The summed E-state index contributed by atoms with van der Waals surface area (Å²) >= 11 is 0. The molecule has 0 bridgehead atoms. The van der Waals surface area contributed by atoms with Gasteiger partial charge in [0, 0.05) is 12.1 Å². The highest BCUT2D eigenvalue weighted by Crippen LogP contribution is 2.30. The first-order chi connectivity index (χ1) is 9.70. The van der Waals surface area contributed by atoms with Crippen LogP contribution in [-0.2, 0) is 16.2 Å². The van der Waals surface area contributed by atoms with Gasteiger partial charge in [0.1, 0.15) is 0 Å². The maximum atomic E-state index is 12.7. The van der Waals surface area contributed by atoms with Crippen LogP contribution >= 0.6 is 0 Å². The molecule has 2 N–H and O–H groups in total. The average molecular weight is 322 g/mol. The van der Waals surface area contributed by atoms with Crippen molar-refractivity contribution in [2.45, 2.75) is 42.9 Å². The Balaban J connectivity index is 2.23. The van der Waals surface area contributed by atoms with Crippen molar-refractivity contribution < 1.29 is 21.6 Å². The smallest absolute Gasteiger partial charge is 0.313 e. The molecule has 1 aliphatic rings. The Morgan fingerprint density at radius 2 is 2.05 bits per heavy atom. The first-order valence-corrected chi connectivity index (χ1v) is 8.11. The maximum absolute atomic E-state index is 12.7. The van der Waals surface area contributed by atoms with Crippen molar-refractivity contribution in [2.24, 2.45) is 0 Å². The summed E-state index contributed by atoms with van der Waals surface area (Å²) in [5, 5.41) is 3.13. The molecule has 0 amide bonds. The molecule has 1 heterocycles. The molecule has 0 aromatic heterocycles. The van der Waals surface area contributed by atoms with Crippen LogP contribution in [-0.4, -0.2) is 27.0 Å². The number of rotatable bonds is 3.